The van der Waals surface area contributed by atoms with Crippen LogP contribution in [0.4, 0.5) is 8.78 Å². The van der Waals surface area contributed by atoms with E-state index < -0.39 is 11.6 Å². The van der Waals surface area contributed by atoms with Crippen molar-refractivity contribution in [3.63, 3.8) is 0 Å². The van der Waals surface area contributed by atoms with Crippen LogP contribution in [0.5, 0.6) is 0 Å². The lowest BCUT2D eigenvalue weighted by molar-refractivity contribution is 0.389. The first-order valence-electron chi connectivity index (χ1n) is 5.77. The zero-order valence-electron chi connectivity index (χ0n) is 9.69. The van der Waals surface area contributed by atoms with Gasteiger partial charge in [0.2, 0.25) is 0 Å². The summed E-state index contributed by atoms with van der Waals surface area (Å²) >= 11 is 0. The summed E-state index contributed by atoms with van der Waals surface area (Å²) in [4.78, 5) is 0. The fourth-order valence-electron chi connectivity index (χ4n) is 2.70. The average molecular weight is 225 g/mol. The highest BCUT2D eigenvalue weighted by Crippen LogP contribution is 2.36. The quantitative estimate of drug-likeness (QED) is 0.816. The third-order valence-electron chi connectivity index (χ3n) is 3.79. The van der Waals surface area contributed by atoms with Crippen LogP contribution in [0, 0.1) is 11.6 Å². The number of benzene rings is 1. The van der Waals surface area contributed by atoms with E-state index in [9.17, 15) is 8.78 Å². The van der Waals surface area contributed by atoms with Crippen LogP contribution in [-0.2, 0) is 5.41 Å². The van der Waals surface area contributed by atoms with Gasteiger partial charge in [0, 0.05) is 11.5 Å². The van der Waals surface area contributed by atoms with E-state index in [0.717, 1.165) is 24.9 Å². The van der Waals surface area contributed by atoms with Gasteiger partial charge in [-0.05, 0) is 37.1 Å². The Morgan fingerprint density at radius 2 is 2.12 bits per heavy atom. The minimum atomic E-state index is -0.772. The highest BCUT2D eigenvalue weighted by molar-refractivity contribution is 5.29. The highest BCUT2D eigenvalue weighted by atomic mass is 19.2. The maximum Gasteiger partial charge on any atom is 0.159 e. The molecular weight excluding hydrogens is 208 g/mol. The molecule has 16 heavy (non-hydrogen) atoms. The van der Waals surface area contributed by atoms with Gasteiger partial charge in [-0.1, -0.05) is 19.9 Å². The highest BCUT2D eigenvalue weighted by Gasteiger charge is 2.39. The molecule has 88 valence electrons. The molecule has 2 rings (SSSR count). The van der Waals surface area contributed by atoms with Crippen molar-refractivity contribution in [2.75, 3.05) is 6.54 Å². The molecule has 1 N–H and O–H groups in total. The Bertz CT molecular complexity index is 392. The van der Waals surface area contributed by atoms with E-state index in [0.29, 0.717) is 6.04 Å². The SMILES string of the molecule is CCC1NCCC1(C)c1ccc(F)c(F)c1. The molecule has 0 amide bonds. The molecule has 2 atom stereocenters. The minimum Gasteiger partial charge on any atom is -0.313 e. The van der Waals surface area contributed by atoms with Gasteiger partial charge < -0.3 is 5.32 Å². The zero-order chi connectivity index (χ0) is 11.8. The molecule has 1 aliphatic rings. The predicted molar refractivity (Wildman–Crippen MR) is 60.4 cm³/mol. The molecule has 0 saturated carbocycles. The summed E-state index contributed by atoms with van der Waals surface area (Å²) in [6.45, 7) is 5.17. The van der Waals surface area contributed by atoms with Crippen molar-refractivity contribution in [3.05, 3.63) is 35.4 Å². The molecule has 1 aromatic rings. The van der Waals surface area contributed by atoms with E-state index in [2.05, 4.69) is 19.2 Å². The number of hydrogen-bond donors (Lipinski definition) is 1. The lowest BCUT2D eigenvalue weighted by Crippen LogP contribution is -2.37. The smallest absolute Gasteiger partial charge is 0.159 e. The first kappa shape index (κ1) is 11.5. The lowest BCUT2D eigenvalue weighted by Gasteiger charge is -2.31. The molecule has 2 unspecified atom stereocenters. The second kappa shape index (κ2) is 4.13. The molecule has 0 bridgehead atoms. The van der Waals surface area contributed by atoms with Crippen molar-refractivity contribution < 1.29 is 8.78 Å². The van der Waals surface area contributed by atoms with Crippen molar-refractivity contribution in [2.45, 2.75) is 38.1 Å². The van der Waals surface area contributed by atoms with Crippen molar-refractivity contribution in [1.29, 1.82) is 0 Å². The van der Waals surface area contributed by atoms with Crippen LogP contribution in [0.3, 0.4) is 0 Å². The molecule has 1 aliphatic heterocycles. The first-order valence-corrected chi connectivity index (χ1v) is 5.77. The van der Waals surface area contributed by atoms with E-state index in [4.69, 9.17) is 0 Å². The number of nitrogens with one attached hydrogen (secondary N) is 1. The van der Waals surface area contributed by atoms with Crippen LogP contribution >= 0.6 is 0 Å². The van der Waals surface area contributed by atoms with Gasteiger partial charge in [-0.3, -0.25) is 0 Å². The Hall–Kier alpha value is -0.960. The number of rotatable bonds is 2. The fraction of sp³-hybridized carbons (Fsp3) is 0.538. The first-order chi connectivity index (χ1) is 7.58. The summed E-state index contributed by atoms with van der Waals surface area (Å²) in [5.41, 5.74) is 0.812. The second-order valence-electron chi connectivity index (χ2n) is 4.71. The third-order valence-corrected chi connectivity index (χ3v) is 3.79. The van der Waals surface area contributed by atoms with E-state index >= 15 is 0 Å². The summed E-state index contributed by atoms with van der Waals surface area (Å²) in [5, 5.41) is 3.41. The minimum absolute atomic E-state index is 0.0801. The normalized spacial score (nSPS) is 29.6. The van der Waals surface area contributed by atoms with Gasteiger partial charge in [-0.25, -0.2) is 8.78 Å². The van der Waals surface area contributed by atoms with E-state index in [1.165, 1.54) is 12.1 Å². The van der Waals surface area contributed by atoms with Crippen LogP contribution in [0.15, 0.2) is 18.2 Å². The second-order valence-corrected chi connectivity index (χ2v) is 4.71. The van der Waals surface area contributed by atoms with Gasteiger partial charge in [0.15, 0.2) is 11.6 Å². The van der Waals surface area contributed by atoms with Gasteiger partial charge in [0.25, 0.3) is 0 Å². The van der Waals surface area contributed by atoms with Crippen LogP contribution in [0.25, 0.3) is 0 Å². The average Bonchev–Trinajstić information content (AvgIpc) is 2.65. The molecule has 1 fully saturated rings. The van der Waals surface area contributed by atoms with Crippen LogP contribution in [0.1, 0.15) is 32.3 Å². The largest absolute Gasteiger partial charge is 0.313 e. The Morgan fingerprint density at radius 1 is 1.38 bits per heavy atom. The standard InChI is InChI=1S/C13H17F2N/c1-3-12-13(2,6-7-16-12)9-4-5-10(14)11(15)8-9/h4-5,8,12,16H,3,6-7H2,1-2H3. The van der Waals surface area contributed by atoms with Crippen molar-refractivity contribution >= 4 is 0 Å². The van der Waals surface area contributed by atoms with Crippen molar-refractivity contribution in [2.24, 2.45) is 0 Å². The Balaban J connectivity index is 2.38. The van der Waals surface area contributed by atoms with Gasteiger partial charge in [-0.2, -0.15) is 0 Å². The van der Waals surface area contributed by atoms with E-state index in [1.54, 1.807) is 6.07 Å². The predicted octanol–water partition coefficient (Wildman–Crippen LogP) is 2.99. The van der Waals surface area contributed by atoms with Gasteiger partial charge in [0.05, 0.1) is 0 Å². The van der Waals surface area contributed by atoms with Crippen molar-refractivity contribution in [1.82, 2.24) is 5.32 Å². The fourth-order valence-corrected chi connectivity index (χ4v) is 2.70. The van der Waals surface area contributed by atoms with Crippen molar-refractivity contribution in [3.8, 4) is 0 Å². The summed E-state index contributed by atoms with van der Waals surface area (Å²) < 4.78 is 26.1. The molecule has 3 heteroatoms. The molecule has 1 nitrogen and oxygen atoms in total. The van der Waals surface area contributed by atoms with Gasteiger partial charge >= 0.3 is 0 Å². The van der Waals surface area contributed by atoms with Gasteiger partial charge in [0.1, 0.15) is 0 Å². The van der Waals surface area contributed by atoms with Gasteiger partial charge in [-0.15, -0.1) is 0 Å². The number of hydrogen-bond acceptors (Lipinski definition) is 1. The topological polar surface area (TPSA) is 12.0 Å². The zero-order valence-corrected chi connectivity index (χ0v) is 9.69. The van der Waals surface area contributed by atoms with Crippen LogP contribution in [0.2, 0.25) is 0 Å². The summed E-state index contributed by atoms with van der Waals surface area (Å²) in [7, 11) is 0. The Kier molecular flexibility index (Phi) is 2.98. The third kappa shape index (κ3) is 1.73. The molecule has 1 aromatic carbocycles. The molecule has 0 aromatic heterocycles. The molecule has 1 heterocycles. The Morgan fingerprint density at radius 3 is 2.75 bits per heavy atom. The summed E-state index contributed by atoms with van der Waals surface area (Å²) in [5.74, 6) is -1.52. The molecule has 0 radical (unpaired) electrons. The molecule has 0 aliphatic carbocycles. The Labute approximate surface area is 94.9 Å². The molecule has 1 saturated heterocycles. The lowest BCUT2D eigenvalue weighted by atomic mass is 9.75. The maximum absolute atomic E-state index is 13.2. The van der Waals surface area contributed by atoms with E-state index in [1.807, 2.05) is 0 Å². The molecule has 0 spiro atoms. The molecular formula is C13H17F2N. The summed E-state index contributed by atoms with van der Waals surface area (Å²) in [6.07, 6.45) is 1.96. The van der Waals surface area contributed by atoms with Crippen LogP contribution in [-0.4, -0.2) is 12.6 Å². The van der Waals surface area contributed by atoms with E-state index in [-0.39, 0.29) is 5.41 Å². The van der Waals surface area contributed by atoms with Crippen LogP contribution < -0.4 is 5.32 Å². The maximum atomic E-state index is 13.2. The number of halogens is 2. The summed E-state index contributed by atoms with van der Waals surface area (Å²) in [6, 6.07) is 4.61. The monoisotopic (exact) mass is 225 g/mol.